The summed E-state index contributed by atoms with van der Waals surface area (Å²) in [6, 6.07) is 4.08. The van der Waals surface area contributed by atoms with E-state index in [0.717, 1.165) is 0 Å². The molecule has 14 heavy (non-hydrogen) atoms. The molecule has 6 heteroatoms. The molecule has 0 spiro atoms. The first-order valence-electron chi connectivity index (χ1n) is 3.89. The van der Waals surface area contributed by atoms with Crippen molar-refractivity contribution in [2.24, 2.45) is 0 Å². The van der Waals surface area contributed by atoms with Gasteiger partial charge < -0.3 is 20.5 Å². The van der Waals surface area contributed by atoms with Crippen LogP contribution in [0.4, 0.5) is 5.69 Å². The third kappa shape index (κ3) is 2.24. The van der Waals surface area contributed by atoms with Gasteiger partial charge >= 0.3 is 13.1 Å². The van der Waals surface area contributed by atoms with Crippen molar-refractivity contribution in [3.05, 3.63) is 23.8 Å². The number of anilines is 1. The Kier molecular flexibility index (Phi) is 3.11. The van der Waals surface area contributed by atoms with Crippen molar-refractivity contribution >= 4 is 24.2 Å². The molecule has 0 unspecified atom stereocenters. The van der Waals surface area contributed by atoms with Crippen molar-refractivity contribution in [1.82, 2.24) is 0 Å². The minimum absolute atomic E-state index is 0.0242. The number of hydrogen-bond donors (Lipinski definition) is 3. The number of carboxylic acid groups (broad SMARTS) is 1. The predicted octanol–water partition coefficient (Wildman–Crippen LogP) is -0.699. The van der Waals surface area contributed by atoms with Crippen molar-refractivity contribution in [2.45, 2.75) is 0 Å². The lowest BCUT2D eigenvalue weighted by atomic mass is 9.78. The fraction of sp³-hybridized carbons (Fsp3) is 0.125. The number of hydrogen-bond acceptors (Lipinski definition) is 4. The number of nitrogen functional groups attached to an aromatic ring is 1. The van der Waals surface area contributed by atoms with E-state index in [1.54, 1.807) is 0 Å². The quantitative estimate of drug-likeness (QED) is 0.438. The van der Waals surface area contributed by atoms with Crippen molar-refractivity contribution in [2.75, 3.05) is 12.8 Å². The second-order valence-electron chi connectivity index (χ2n) is 2.78. The summed E-state index contributed by atoms with van der Waals surface area (Å²) in [6.07, 6.45) is 0. The Hall–Kier alpha value is -1.53. The highest BCUT2D eigenvalue weighted by molar-refractivity contribution is 6.60. The average molecular weight is 195 g/mol. The van der Waals surface area contributed by atoms with Crippen LogP contribution in [-0.2, 0) is 4.65 Å². The summed E-state index contributed by atoms with van der Waals surface area (Å²) in [7, 11) is 0.158. The van der Waals surface area contributed by atoms with E-state index in [2.05, 4.69) is 4.65 Å². The largest absolute Gasteiger partial charge is 0.491 e. The van der Waals surface area contributed by atoms with Crippen molar-refractivity contribution in [3.63, 3.8) is 0 Å². The fourth-order valence-corrected chi connectivity index (χ4v) is 1.08. The van der Waals surface area contributed by atoms with Gasteiger partial charge in [0, 0.05) is 12.8 Å². The molecule has 0 aliphatic heterocycles. The maximum atomic E-state index is 10.6. The van der Waals surface area contributed by atoms with Crippen LogP contribution in [0.25, 0.3) is 0 Å². The molecule has 0 bridgehead atoms. The van der Waals surface area contributed by atoms with E-state index in [4.69, 9.17) is 10.8 Å². The van der Waals surface area contributed by atoms with E-state index in [1.165, 1.54) is 25.3 Å². The zero-order valence-electron chi connectivity index (χ0n) is 7.60. The second-order valence-corrected chi connectivity index (χ2v) is 2.78. The molecule has 1 aromatic rings. The van der Waals surface area contributed by atoms with Gasteiger partial charge in [0.25, 0.3) is 0 Å². The van der Waals surface area contributed by atoms with E-state index in [9.17, 15) is 9.82 Å². The van der Waals surface area contributed by atoms with Gasteiger partial charge in [-0.25, -0.2) is 4.79 Å². The maximum absolute atomic E-state index is 10.6. The summed E-state index contributed by atoms with van der Waals surface area (Å²) in [5.74, 6) is -1.10. The predicted molar refractivity (Wildman–Crippen MR) is 52.4 cm³/mol. The smallest absolute Gasteiger partial charge is 0.478 e. The highest BCUT2D eigenvalue weighted by atomic mass is 16.5. The molecule has 74 valence electrons. The van der Waals surface area contributed by atoms with Crippen LogP contribution >= 0.6 is 0 Å². The van der Waals surface area contributed by atoms with Gasteiger partial charge in [-0.05, 0) is 23.7 Å². The highest BCUT2D eigenvalue weighted by Crippen LogP contribution is 2.05. The standard InChI is InChI=1S/C8H10BNO4/c1-14-9(13)6-2-5(8(11)12)3-7(10)4-6/h2-4,13H,10H2,1H3,(H,11,12). The molecule has 0 atom stereocenters. The van der Waals surface area contributed by atoms with Crippen LogP contribution in [0.3, 0.4) is 0 Å². The number of aromatic carboxylic acids is 1. The fourth-order valence-electron chi connectivity index (χ4n) is 1.08. The molecule has 0 saturated carbocycles. The molecule has 0 aromatic heterocycles. The van der Waals surface area contributed by atoms with Crippen LogP contribution in [-0.4, -0.2) is 30.3 Å². The molecule has 4 N–H and O–H groups in total. The summed E-state index contributed by atoms with van der Waals surface area (Å²) in [4.78, 5) is 10.6. The normalized spacial score (nSPS) is 9.86. The van der Waals surface area contributed by atoms with Crippen LogP contribution in [0.1, 0.15) is 10.4 Å². The van der Waals surface area contributed by atoms with Gasteiger partial charge in [0.2, 0.25) is 0 Å². The summed E-state index contributed by atoms with van der Waals surface area (Å²) in [6.45, 7) is 0. The van der Waals surface area contributed by atoms with E-state index >= 15 is 0 Å². The molecule has 0 fully saturated rings. The lowest BCUT2D eigenvalue weighted by Gasteiger charge is -2.06. The lowest BCUT2D eigenvalue weighted by Crippen LogP contribution is -2.33. The Bertz CT molecular complexity index is 355. The number of benzene rings is 1. The van der Waals surface area contributed by atoms with Gasteiger partial charge in [0.05, 0.1) is 5.56 Å². The number of rotatable bonds is 3. The van der Waals surface area contributed by atoms with Gasteiger partial charge in [-0.2, -0.15) is 0 Å². The Morgan fingerprint density at radius 3 is 2.64 bits per heavy atom. The van der Waals surface area contributed by atoms with Gasteiger partial charge in [-0.15, -0.1) is 0 Å². The maximum Gasteiger partial charge on any atom is 0.491 e. The molecule has 0 saturated heterocycles. The van der Waals surface area contributed by atoms with Crippen LogP contribution in [0, 0.1) is 0 Å². The SMILES string of the molecule is COB(O)c1cc(N)cc(C(=O)O)c1. The van der Waals surface area contributed by atoms with Gasteiger partial charge in [-0.3, -0.25) is 0 Å². The monoisotopic (exact) mass is 195 g/mol. The molecule has 5 nitrogen and oxygen atoms in total. The van der Waals surface area contributed by atoms with Crippen molar-refractivity contribution in [3.8, 4) is 0 Å². The zero-order valence-corrected chi connectivity index (χ0v) is 7.60. The average Bonchev–Trinajstić information content (AvgIpc) is 2.15. The zero-order chi connectivity index (χ0) is 10.7. The Balaban J connectivity index is 3.13. The molecule has 1 aromatic carbocycles. The summed E-state index contributed by atoms with van der Waals surface area (Å²) in [5, 5.41) is 18.0. The van der Waals surface area contributed by atoms with Crippen molar-refractivity contribution in [1.29, 1.82) is 0 Å². The minimum atomic E-state index is -1.16. The summed E-state index contributed by atoms with van der Waals surface area (Å²) < 4.78 is 4.63. The first-order chi connectivity index (χ1) is 6.54. The molecule has 0 aliphatic carbocycles. The topological polar surface area (TPSA) is 92.8 Å². The molecule has 0 amide bonds. The molecule has 0 heterocycles. The third-order valence-electron chi connectivity index (χ3n) is 1.73. The first-order valence-corrected chi connectivity index (χ1v) is 3.89. The Labute approximate surface area is 81.3 Å². The third-order valence-corrected chi connectivity index (χ3v) is 1.73. The molecular formula is C8H10BNO4. The van der Waals surface area contributed by atoms with E-state index in [0.29, 0.717) is 5.46 Å². The minimum Gasteiger partial charge on any atom is -0.478 e. The van der Waals surface area contributed by atoms with Crippen LogP contribution in [0.2, 0.25) is 0 Å². The van der Waals surface area contributed by atoms with Crippen LogP contribution < -0.4 is 11.2 Å². The van der Waals surface area contributed by atoms with Gasteiger partial charge in [0.1, 0.15) is 0 Å². The van der Waals surface area contributed by atoms with Gasteiger partial charge in [0.15, 0.2) is 0 Å². The van der Waals surface area contributed by atoms with E-state index in [1.807, 2.05) is 0 Å². The number of carbonyl (C=O) groups is 1. The van der Waals surface area contributed by atoms with E-state index < -0.39 is 13.1 Å². The van der Waals surface area contributed by atoms with E-state index in [-0.39, 0.29) is 11.3 Å². The molecule has 0 aliphatic rings. The van der Waals surface area contributed by atoms with Gasteiger partial charge in [-0.1, -0.05) is 0 Å². The van der Waals surface area contributed by atoms with Crippen molar-refractivity contribution < 1.29 is 19.6 Å². The highest BCUT2D eigenvalue weighted by Gasteiger charge is 2.17. The lowest BCUT2D eigenvalue weighted by molar-refractivity contribution is 0.0697. The molecular weight excluding hydrogens is 185 g/mol. The first kappa shape index (κ1) is 10.6. The summed E-state index contributed by atoms with van der Waals surface area (Å²) in [5.41, 5.74) is 6.08. The summed E-state index contributed by atoms with van der Waals surface area (Å²) >= 11 is 0. The second kappa shape index (κ2) is 4.12. The van der Waals surface area contributed by atoms with Crippen LogP contribution in [0.5, 0.6) is 0 Å². The molecule has 1 rings (SSSR count). The Morgan fingerprint density at radius 2 is 2.14 bits per heavy atom. The number of carboxylic acids is 1. The van der Waals surface area contributed by atoms with Crippen LogP contribution in [0.15, 0.2) is 18.2 Å². The molecule has 0 radical (unpaired) electrons. The Morgan fingerprint density at radius 1 is 1.50 bits per heavy atom. The number of nitrogens with two attached hydrogens (primary N) is 1.